The molecule has 4 aliphatic rings. The van der Waals surface area contributed by atoms with Gasteiger partial charge in [0.15, 0.2) is 0 Å². The zero-order valence-corrected chi connectivity index (χ0v) is 12.1. The molecule has 4 saturated carbocycles. The number of anilines is 2. The molecule has 4 heteroatoms. The normalized spacial score (nSPS) is 36.7. The van der Waals surface area contributed by atoms with Gasteiger partial charge in [0.1, 0.15) is 5.82 Å². The second-order valence-corrected chi connectivity index (χ2v) is 7.38. The van der Waals surface area contributed by atoms with Crippen LogP contribution in [-0.4, -0.2) is 5.91 Å². The van der Waals surface area contributed by atoms with Crippen molar-refractivity contribution in [3.8, 4) is 0 Å². The first-order valence-electron chi connectivity index (χ1n) is 7.90. The van der Waals surface area contributed by atoms with Crippen LogP contribution in [0.15, 0.2) is 18.2 Å². The molecular weight excluding hydrogens is 267 g/mol. The molecule has 0 aliphatic heterocycles. The Hall–Kier alpha value is -1.58. The summed E-state index contributed by atoms with van der Waals surface area (Å²) in [7, 11) is 0. The summed E-state index contributed by atoms with van der Waals surface area (Å²) in [6.07, 6.45) is 6.90. The number of carbonyl (C=O) groups excluding carboxylic acids is 1. The Labute approximate surface area is 124 Å². The topological polar surface area (TPSA) is 55.1 Å². The minimum absolute atomic E-state index is 0.0545. The Bertz CT molecular complexity index is 563. The predicted molar refractivity (Wildman–Crippen MR) is 80.0 cm³/mol. The van der Waals surface area contributed by atoms with E-state index in [0.717, 1.165) is 19.3 Å². The maximum Gasteiger partial charge on any atom is 0.230 e. The van der Waals surface area contributed by atoms with Crippen molar-refractivity contribution >= 4 is 17.3 Å². The highest BCUT2D eigenvalue weighted by Crippen LogP contribution is 2.60. The summed E-state index contributed by atoms with van der Waals surface area (Å²) < 4.78 is 13.4. The Balaban J connectivity index is 1.59. The predicted octanol–water partition coefficient (Wildman–Crippen LogP) is 3.56. The lowest BCUT2D eigenvalue weighted by atomic mass is 9.49. The van der Waals surface area contributed by atoms with Gasteiger partial charge in [-0.1, -0.05) is 0 Å². The van der Waals surface area contributed by atoms with E-state index in [1.807, 2.05) is 0 Å². The number of hydrogen-bond acceptors (Lipinski definition) is 2. The lowest BCUT2D eigenvalue weighted by Gasteiger charge is -2.55. The highest BCUT2D eigenvalue weighted by molar-refractivity contribution is 5.98. The molecule has 3 nitrogen and oxygen atoms in total. The lowest BCUT2D eigenvalue weighted by Crippen LogP contribution is -2.51. The second-order valence-electron chi connectivity index (χ2n) is 7.38. The highest BCUT2D eigenvalue weighted by atomic mass is 19.1. The average molecular weight is 288 g/mol. The van der Waals surface area contributed by atoms with Gasteiger partial charge in [-0.25, -0.2) is 4.39 Å². The van der Waals surface area contributed by atoms with Crippen molar-refractivity contribution < 1.29 is 9.18 Å². The van der Waals surface area contributed by atoms with Crippen molar-refractivity contribution in [2.75, 3.05) is 11.1 Å². The molecule has 4 fully saturated rings. The molecule has 5 rings (SSSR count). The molecule has 0 radical (unpaired) electrons. The van der Waals surface area contributed by atoms with Crippen LogP contribution >= 0.6 is 0 Å². The van der Waals surface area contributed by atoms with Crippen LogP contribution in [0.3, 0.4) is 0 Å². The van der Waals surface area contributed by atoms with Crippen LogP contribution in [0.1, 0.15) is 38.5 Å². The van der Waals surface area contributed by atoms with Gasteiger partial charge in [0, 0.05) is 0 Å². The summed E-state index contributed by atoms with van der Waals surface area (Å²) in [6.45, 7) is 0. The summed E-state index contributed by atoms with van der Waals surface area (Å²) in [6, 6.07) is 4.13. The third-order valence-corrected chi connectivity index (χ3v) is 5.78. The van der Waals surface area contributed by atoms with Gasteiger partial charge >= 0.3 is 0 Å². The first-order valence-corrected chi connectivity index (χ1v) is 7.90. The summed E-state index contributed by atoms with van der Waals surface area (Å²) in [5, 5.41) is 2.90. The number of nitrogens with one attached hydrogen (secondary N) is 1. The number of amides is 1. The van der Waals surface area contributed by atoms with E-state index in [0.29, 0.717) is 29.1 Å². The van der Waals surface area contributed by atoms with E-state index in [1.165, 1.54) is 37.5 Å². The fourth-order valence-corrected chi connectivity index (χ4v) is 5.28. The second kappa shape index (κ2) is 4.46. The van der Waals surface area contributed by atoms with Crippen LogP contribution in [0.5, 0.6) is 0 Å². The van der Waals surface area contributed by atoms with E-state index in [9.17, 15) is 9.18 Å². The van der Waals surface area contributed by atoms with Crippen LogP contribution < -0.4 is 11.1 Å². The summed E-state index contributed by atoms with van der Waals surface area (Å²) in [5.74, 6) is 1.83. The molecule has 3 N–H and O–H groups in total. The average Bonchev–Trinajstić information content (AvgIpc) is 2.41. The quantitative estimate of drug-likeness (QED) is 0.817. The first-order chi connectivity index (χ1) is 10.0. The molecule has 0 atom stereocenters. The fourth-order valence-electron chi connectivity index (χ4n) is 5.28. The van der Waals surface area contributed by atoms with Gasteiger partial charge in [0.2, 0.25) is 5.91 Å². The van der Waals surface area contributed by atoms with E-state index in [2.05, 4.69) is 5.32 Å². The monoisotopic (exact) mass is 288 g/mol. The molecule has 1 aromatic rings. The molecule has 4 bridgehead atoms. The number of benzene rings is 1. The molecule has 1 amide bonds. The standard InChI is InChI=1S/C17H21FN2O/c18-13-1-2-14(19)15(6-13)20-16(21)17-7-10-3-11(8-17)5-12(4-10)9-17/h1-2,6,10-12H,3-5,7-9,19H2,(H,20,21). The van der Waals surface area contributed by atoms with Crippen molar-refractivity contribution in [1.29, 1.82) is 0 Å². The molecule has 4 aliphatic carbocycles. The molecule has 21 heavy (non-hydrogen) atoms. The third kappa shape index (κ3) is 2.12. The van der Waals surface area contributed by atoms with Crippen molar-refractivity contribution in [2.45, 2.75) is 38.5 Å². The minimum Gasteiger partial charge on any atom is -0.397 e. The van der Waals surface area contributed by atoms with E-state index >= 15 is 0 Å². The molecule has 0 unspecified atom stereocenters. The largest absolute Gasteiger partial charge is 0.397 e. The lowest BCUT2D eigenvalue weighted by molar-refractivity contribution is -0.140. The SMILES string of the molecule is Nc1ccc(F)cc1NC(=O)C12CC3CC(CC(C3)C1)C2. The zero-order valence-electron chi connectivity index (χ0n) is 12.1. The summed E-state index contributed by atoms with van der Waals surface area (Å²) >= 11 is 0. The smallest absolute Gasteiger partial charge is 0.230 e. The summed E-state index contributed by atoms with van der Waals surface area (Å²) in [4.78, 5) is 12.8. The van der Waals surface area contributed by atoms with Gasteiger partial charge in [0.05, 0.1) is 16.8 Å². The maximum atomic E-state index is 13.4. The van der Waals surface area contributed by atoms with E-state index in [-0.39, 0.29) is 17.1 Å². The third-order valence-electron chi connectivity index (χ3n) is 5.78. The van der Waals surface area contributed by atoms with Gasteiger partial charge in [-0.05, 0) is 74.5 Å². The van der Waals surface area contributed by atoms with Crippen LogP contribution in [0.4, 0.5) is 15.8 Å². The number of rotatable bonds is 2. The Morgan fingerprint density at radius 3 is 2.29 bits per heavy atom. The maximum absolute atomic E-state index is 13.4. The van der Waals surface area contributed by atoms with Crippen LogP contribution in [0.2, 0.25) is 0 Å². The molecule has 0 saturated heterocycles. The molecule has 0 spiro atoms. The van der Waals surface area contributed by atoms with Crippen molar-refractivity contribution in [1.82, 2.24) is 0 Å². The van der Waals surface area contributed by atoms with Crippen molar-refractivity contribution in [2.24, 2.45) is 23.2 Å². The number of halogens is 1. The molecule has 112 valence electrons. The number of nitrogen functional groups attached to an aromatic ring is 1. The van der Waals surface area contributed by atoms with Gasteiger partial charge in [-0.3, -0.25) is 4.79 Å². The molecular formula is C17H21FN2O. The summed E-state index contributed by atoms with van der Waals surface area (Å²) in [5.41, 5.74) is 6.46. The molecule has 0 heterocycles. The van der Waals surface area contributed by atoms with Gasteiger partial charge in [0.25, 0.3) is 0 Å². The van der Waals surface area contributed by atoms with Gasteiger partial charge in [-0.15, -0.1) is 0 Å². The van der Waals surface area contributed by atoms with E-state index < -0.39 is 0 Å². The van der Waals surface area contributed by atoms with Crippen LogP contribution in [0, 0.1) is 29.0 Å². The van der Waals surface area contributed by atoms with Crippen molar-refractivity contribution in [3.63, 3.8) is 0 Å². The number of hydrogen-bond donors (Lipinski definition) is 2. The molecule has 1 aromatic carbocycles. The first kappa shape index (κ1) is 13.1. The number of carbonyl (C=O) groups is 1. The zero-order chi connectivity index (χ0) is 14.6. The van der Waals surface area contributed by atoms with Crippen LogP contribution in [0.25, 0.3) is 0 Å². The number of nitrogens with two attached hydrogens (primary N) is 1. The van der Waals surface area contributed by atoms with E-state index in [1.54, 1.807) is 0 Å². The van der Waals surface area contributed by atoms with E-state index in [4.69, 9.17) is 5.73 Å². The van der Waals surface area contributed by atoms with Crippen LogP contribution in [-0.2, 0) is 4.79 Å². The van der Waals surface area contributed by atoms with Gasteiger partial charge < -0.3 is 11.1 Å². The Morgan fingerprint density at radius 1 is 1.14 bits per heavy atom. The fraction of sp³-hybridized carbons (Fsp3) is 0.588. The van der Waals surface area contributed by atoms with Crippen molar-refractivity contribution in [3.05, 3.63) is 24.0 Å². The Kier molecular flexibility index (Phi) is 2.78. The molecule has 0 aromatic heterocycles. The minimum atomic E-state index is -0.370. The van der Waals surface area contributed by atoms with Gasteiger partial charge in [-0.2, -0.15) is 0 Å². The highest BCUT2D eigenvalue weighted by Gasteiger charge is 2.54. The Morgan fingerprint density at radius 2 is 1.71 bits per heavy atom.